The largest absolute Gasteiger partial charge is 0.294 e. The van der Waals surface area contributed by atoms with Gasteiger partial charge in [-0.3, -0.25) is 9.69 Å². The van der Waals surface area contributed by atoms with Gasteiger partial charge < -0.3 is 0 Å². The van der Waals surface area contributed by atoms with E-state index in [9.17, 15) is 9.18 Å². The van der Waals surface area contributed by atoms with Crippen LogP contribution >= 0.6 is 0 Å². The SMILES string of the molecule is O=C1CCN(Cc2cn(-c3ccccc3F)nn2)C2(CCCCC2)c2ccccc21. The highest BCUT2D eigenvalue weighted by molar-refractivity contribution is 5.98. The number of carbonyl (C=O) groups excluding carboxylic acids is 1. The average molecular weight is 404 g/mol. The van der Waals surface area contributed by atoms with Crippen LogP contribution in [0.25, 0.3) is 5.69 Å². The third-order valence-corrected chi connectivity index (χ3v) is 6.62. The van der Waals surface area contributed by atoms with Gasteiger partial charge in [-0.1, -0.05) is 60.9 Å². The summed E-state index contributed by atoms with van der Waals surface area (Å²) in [7, 11) is 0. The average Bonchev–Trinajstić information content (AvgIpc) is 3.22. The molecule has 2 heterocycles. The van der Waals surface area contributed by atoms with Crippen LogP contribution in [0, 0.1) is 5.82 Å². The van der Waals surface area contributed by atoms with Gasteiger partial charge in [0.05, 0.1) is 11.9 Å². The van der Waals surface area contributed by atoms with E-state index >= 15 is 0 Å². The first-order chi connectivity index (χ1) is 14.7. The second-order valence-electron chi connectivity index (χ2n) is 8.34. The van der Waals surface area contributed by atoms with Gasteiger partial charge in [0.25, 0.3) is 0 Å². The molecule has 5 rings (SSSR count). The fourth-order valence-corrected chi connectivity index (χ4v) is 5.16. The maximum Gasteiger partial charge on any atom is 0.164 e. The number of aromatic nitrogens is 3. The molecule has 0 N–H and O–H groups in total. The zero-order chi connectivity index (χ0) is 20.6. The maximum absolute atomic E-state index is 14.2. The summed E-state index contributed by atoms with van der Waals surface area (Å²) in [5, 5.41) is 8.49. The van der Waals surface area contributed by atoms with Gasteiger partial charge in [-0.2, -0.15) is 0 Å². The van der Waals surface area contributed by atoms with Crippen molar-refractivity contribution in [1.29, 1.82) is 0 Å². The van der Waals surface area contributed by atoms with Crippen molar-refractivity contribution in [3.05, 3.63) is 77.4 Å². The van der Waals surface area contributed by atoms with Gasteiger partial charge in [0.15, 0.2) is 5.78 Å². The Morgan fingerprint density at radius 2 is 1.77 bits per heavy atom. The molecule has 2 aliphatic rings. The van der Waals surface area contributed by atoms with Crippen LogP contribution in [0.2, 0.25) is 0 Å². The zero-order valence-corrected chi connectivity index (χ0v) is 16.9. The summed E-state index contributed by atoms with van der Waals surface area (Å²) in [5.41, 5.74) is 3.06. The standard InChI is InChI=1S/C24H25FN4O/c25-21-10-4-5-11-22(21)29-17-18(26-27-29)16-28-15-12-23(30)19-8-2-3-9-20(19)24(28)13-6-1-7-14-24/h2-5,8-11,17H,1,6-7,12-16H2. The Kier molecular flexibility index (Phi) is 4.95. The van der Waals surface area contributed by atoms with Crippen molar-refractivity contribution in [2.45, 2.75) is 50.6 Å². The molecule has 0 radical (unpaired) electrons. The Hall–Kier alpha value is -2.86. The number of fused-ring (bicyclic) bond motifs is 2. The summed E-state index contributed by atoms with van der Waals surface area (Å²) < 4.78 is 15.6. The molecule has 0 saturated heterocycles. The molecule has 30 heavy (non-hydrogen) atoms. The van der Waals surface area contributed by atoms with E-state index in [-0.39, 0.29) is 17.1 Å². The minimum absolute atomic E-state index is 0.150. The van der Waals surface area contributed by atoms with Gasteiger partial charge in [0.1, 0.15) is 11.5 Å². The quantitative estimate of drug-likeness (QED) is 0.637. The molecular formula is C24H25FN4O. The third-order valence-electron chi connectivity index (χ3n) is 6.62. The van der Waals surface area contributed by atoms with Crippen LogP contribution in [0.3, 0.4) is 0 Å². The van der Waals surface area contributed by atoms with Crippen molar-refractivity contribution in [1.82, 2.24) is 19.9 Å². The molecule has 0 unspecified atom stereocenters. The van der Waals surface area contributed by atoms with Gasteiger partial charge in [-0.05, 0) is 30.5 Å². The molecule has 6 heteroatoms. The number of nitrogens with zero attached hydrogens (tertiary/aromatic N) is 4. The van der Waals surface area contributed by atoms with Crippen molar-refractivity contribution in [2.75, 3.05) is 6.54 Å². The molecule has 1 aromatic heterocycles. The van der Waals surface area contributed by atoms with Crippen molar-refractivity contribution in [3.63, 3.8) is 0 Å². The van der Waals surface area contributed by atoms with E-state index in [4.69, 9.17) is 0 Å². The van der Waals surface area contributed by atoms with E-state index in [0.29, 0.717) is 25.2 Å². The molecule has 3 aromatic rings. The summed E-state index contributed by atoms with van der Waals surface area (Å²) >= 11 is 0. The molecule has 1 aliphatic heterocycles. The fourth-order valence-electron chi connectivity index (χ4n) is 5.16. The lowest BCUT2D eigenvalue weighted by Crippen LogP contribution is -2.47. The first-order valence-electron chi connectivity index (χ1n) is 10.7. The zero-order valence-electron chi connectivity index (χ0n) is 16.9. The number of para-hydroxylation sites is 1. The normalized spacial score (nSPS) is 18.9. The van der Waals surface area contributed by atoms with E-state index < -0.39 is 0 Å². The highest BCUT2D eigenvalue weighted by atomic mass is 19.1. The number of carbonyl (C=O) groups is 1. The molecule has 1 spiro atoms. The molecule has 1 fully saturated rings. The van der Waals surface area contributed by atoms with Crippen molar-refractivity contribution >= 4 is 5.78 Å². The van der Waals surface area contributed by atoms with Crippen LogP contribution in [-0.4, -0.2) is 32.2 Å². The summed E-state index contributed by atoms with van der Waals surface area (Å²) in [6.07, 6.45) is 7.92. The molecule has 154 valence electrons. The fraction of sp³-hybridized carbons (Fsp3) is 0.375. The Balaban J connectivity index is 1.51. The lowest BCUT2D eigenvalue weighted by Gasteiger charge is -2.46. The third kappa shape index (κ3) is 3.25. The number of halogens is 1. The van der Waals surface area contributed by atoms with Crippen LogP contribution in [0.5, 0.6) is 0 Å². The number of benzene rings is 2. The molecule has 0 amide bonds. The van der Waals surface area contributed by atoms with Crippen LogP contribution in [0.15, 0.2) is 54.7 Å². The predicted octanol–water partition coefficient (Wildman–Crippen LogP) is 4.65. The van der Waals surface area contributed by atoms with Crippen LogP contribution < -0.4 is 0 Å². The van der Waals surface area contributed by atoms with Gasteiger partial charge >= 0.3 is 0 Å². The van der Waals surface area contributed by atoms with Crippen LogP contribution in [-0.2, 0) is 12.1 Å². The van der Waals surface area contributed by atoms with Gasteiger partial charge in [-0.25, -0.2) is 9.07 Å². The van der Waals surface area contributed by atoms with E-state index in [1.165, 1.54) is 17.2 Å². The van der Waals surface area contributed by atoms with Gasteiger partial charge in [-0.15, -0.1) is 5.10 Å². The molecule has 1 saturated carbocycles. The Morgan fingerprint density at radius 3 is 2.60 bits per heavy atom. The summed E-state index contributed by atoms with van der Waals surface area (Å²) in [6.45, 7) is 1.29. The number of rotatable bonds is 3. The van der Waals surface area contributed by atoms with Crippen molar-refractivity contribution in [3.8, 4) is 5.69 Å². The number of Topliss-reactive ketones (excluding diaryl/α,β-unsaturated/α-hetero) is 1. The number of hydrogen-bond acceptors (Lipinski definition) is 4. The summed E-state index contributed by atoms with van der Waals surface area (Å²) in [6, 6.07) is 14.7. The highest BCUT2D eigenvalue weighted by Gasteiger charge is 2.43. The second kappa shape index (κ2) is 7.76. The van der Waals surface area contributed by atoms with Crippen molar-refractivity contribution < 1.29 is 9.18 Å². The summed E-state index contributed by atoms with van der Waals surface area (Å²) in [4.78, 5) is 15.3. The van der Waals surface area contributed by atoms with E-state index in [1.807, 2.05) is 18.2 Å². The monoisotopic (exact) mass is 404 g/mol. The second-order valence-corrected chi connectivity index (χ2v) is 8.34. The molecule has 0 bridgehead atoms. The topological polar surface area (TPSA) is 51.0 Å². The molecule has 2 aromatic carbocycles. The smallest absolute Gasteiger partial charge is 0.164 e. The Morgan fingerprint density at radius 1 is 1.00 bits per heavy atom. The maximum atomic E-state index is 14.2. The number of hydrogen-bond donors (Lipinski definition) is 0. The molecule has 0 atom stereocenters. The van der Waals surface area contributed by atoms with E-state index in [2.05, 4.69) is 21.3 Å². The van der Waals surface area contributed by atoms with Gasteiger partial charge in [0.2, 0.25) is 0 Å². The minimum atomic E-state index is -0.327. The molecular weight excluding hydrogens is 379 g/mol. The van der Waals surface area contributed by atoms with E-state index in [1.54, 1.807) is 24.4 Å². The highest BCUT2D eigenvalue weighted by Crippen LogP contribution is 2.46. The Labute approximate surface area is 175 Å². The first-order valence-corrected chi connectivity index (χ1v) is 10.7. The van der Waals surface area contributed by atoms with E-state index in [0.717, 1.165) is 42.5 Å². The first kappa shape index (κ1) is 19.1. The Bertz CT molecular complexity index is 1070. The minimum Gasteiger partial charge on any atom is -0.294 e. The molecule has 5 nitrogen and oxygen atoms in total. The lowest BCUT2D eigenvalue weighted by molar-refractivity contribution is 0.0408. The predicted molar refractivity (Wildman–Crippen MR) is 112 cm³/mol. The number of ketones is 1. The van der Waals surface area contributed by atoms with Gasteiger partial charge in [0, 0.05) is 30.6 Å². The summed E-state index contributed by atoms with van der Waals surface area (Å²) in [5.74, 6) is -0.111. The molecule has 1 aliphatic carbocycles. The lowest BCUT2D eigenvalue weighted by atomic mass is 9.74. The van der Waals surface area contributed by atoms with Crippen molar-refractivity contribution in [2.24, 2.45) is 0 Å². The van der Waals surface area contributed by atoms with Crippen LogP contribution in [0.1, 0.15) is 60.1 Å². The van der Waals surface area contributed by atoms with Crippen LogP contribution in [0.4, 0.5) is 4.39 Å².